The van der Waals surface area contributed by atoms with Crippen LogP contribution in [0.3, 0.4) is 0 Å². The highest BCUT2D eigenvalue weighted by molar-refractivity contribution is 7.99. The number of nitrogens with zero attached hydrogens (tertiary/aromatic N) is 6. The summed E-state index contributed by atoms with van der Waals surface area (Å²) in [7, 11) is 0. The average molecular weight is 430 g/mol. The number of rotatable bonds is 8. The summed E-state index contributed by atoms with van der Waals surface area (Å²) in [5.41, 5.74) is 10.9. The van der Waals surface area contributed by atoms with Crippen LogP contribution in [0.2, 0.25) is 0 Å². The zero-order chi connectivity index (χ0) is 21.0. The van der Waals surface area contributed by atoms with Crippen LogP contribution >= 0.6 is 11.8 Å². The Morgan fingerprint density at radius 3 is 2.65 bits per heavy atom. The number of benzene rings is 2. The van der Waals surface area contributed by atoms with E-state index in [0.717, 1.165) is 48.0 Å². The van der Waals surface area contributed by atoms with Crippen LogP contribution in [0, 0.1) is 0 Å². The smallest absolute Gasteiger partial charge is 0.169 e. The molecule has 0 spiro atoms. The van der Waals surface area contributed by atoms with Gasteiger partial charge in [0, 0.05) is 18.8 Å². The van der Waals surface area contributed by atoms with Crippen LogP contribution in [0.15, 0.2) is 72.4 Å². The monoisotopic (exact) mass is 429 g/mol. The Bertz CT molecular complexity index is 1310. The first-order valence-electron chi connectivity index (χ1n) is 10.3. The third-order valence-corrected chi connectivity index (χ3v) is 6.35. The molecule has 0 radical (unpaired) electrons. The lowest BCUT2D eigenvalue weighted by Gasteiger charge is -2.09. The fourth-order valence-electron chi connectivity index (χ4n) is 3.73. The van der Waals surface area contributed by atoms with Crippen LogP contribution < -0.4 is 5.73 Å². The Hall–Kier alpha value is -3.39. The van der Waals surface area contributed by atoms with E-state index in [-0.39, 0.29) is 0 Å². The van der Waals surface area contributed by atoms with Gasteiger partial charge in [0.15, 0.2) is 16.6 Å². The van der Waals surface area contributed by atoms with Crippen molar-refractivity contribution in [2.24, 2.45) is 0 Å². The molecule has 0 saturated carbocycles. The molecule has 0 amide bonds. The normalized spacial score (nSPS) is 11.5. The summed E-state index contributed by atoms with van der Waals surface area (Å²) in [5, 5.41) is 1.07. The van der Waals surface area contributed by atoms with Gasteiger partial charge in [-0.2, -0.15) is 0 Å². The van der Waals surface area contributed by atoms with Crippen LogP contribution in [-0.4, -0.2) is 34.8 Å². The average Bonchev–Trinajstić information content (AvgIpc) is 3.38. The predicted molar refractivity (Wildman–Crippen MR) is 125 cm³/mol. The molecule has 7 nitrogen and oxygen atoms in total. The van der Waals surface area contributed by atoms with E-state index in [4.69, 9.17) is 10.7 Å². The van der Waals surface area contributed by atoms with E-state index in [1.807, 2.05) is 10.6 Å². The molecule has 3 heterocycles. The van der Waals surface area contributed by atoms with Crippen molar-refractivity contribution in [1.29, 1.82) is 0 Å². The number of aryl methyl sites for hydroxylation is 3. The molecule has 0 aliphatic rings. The Morgan fingerprint density at radius 1 is 0.903 bits per heavy atom. The van der Waals surface area contributed by atoms with Gasteiger partial charge in [-0.15, -0.1) is 0 Å². The summed E-state index contributed by atoms with van der Waals surface area (Å²) >= 11 is 1.80. The van der Waals surface area contributed by atoms with Gasteiger partial charge in [0.25, 0.3) is 0 Å². The number of aromatic nitrogens is 6. The maximum Gasteiger partial charge on any atom is 0.169 e. The third kappa shape index (κ3) is 4.11. The van der Waals surface area contributed by atoms with Crippen molar-refractivity contribution in [3.05, 3.63) is 72.8 Å². The Labute approximate surface area is 184 Å². The van der Waals surface area contributed by atoms with Gasteiger partial charge in [-0.1, -0.05) is 54.2 Å². The van der Waals surface area contributed by atoms with Gasteiger partial charge < -0.3 is 14.9 Å². The molecule has 0 atom stereocenters. The minimum atomic E-state index is 0.422. The lowest BCUT2D eigenvalue weighted by atomic mass is 10.1. The highest BCUT2D eigenvalue weighted by Crippen LogP contribution is 2.25. The van der Waals surface area contributed by atoms with E-state index in [2.05, 4.69) is 68.0 Å². The van der Waals surface area contributed by atoms with E-state index >= 15 is 0 Å². The van der Waals surface area contributed by atoms with Gasteiger partial charge in [0.1, 0.15) is 11.8 Å². The standard InChI is InChI=1S/C23H23N7S/c24-21-20-22(26-15-25-21)29(16-27-20)12-6-14-31-23-28-18-9-4-5-10-19(18)30(23)13-11-17-7-2-1-3-8-17/h1-5,7-10,15-16H,6,11-14H2,(H2,24,25,26). The molecule has 2 N–H and O–H groups in total. The van der Waals surface area contributed by atoms with Crippen molar-refractivity contribution in [2.45, 2.75) is 31.1 Å². The topological polar surface area (TPSA) is 87.4 Å². The summed E-state index contributed by atoms with van der Waals surface area (Å²) in [6, 6.07) is 19.0. The SMILES string of the molecule is Nc1ncnc2c1ncn2CCCSc1nc2ccccc2n1CCc1ccccc1. The van der Waals surface area contributed by atoms with Crippen molar-refractivity contribution in [1.82, 2.24) is 29.1 Å². The molecule has 5 rings (SSSR count). The Balaban J connectivity index is 1.28. The first-order chi connectivity index (χ1) is 15.3. The highest BCUT2D eigenvalue weighted by Gasteiger charge is 2.12. The number of anilines is 1. The second-order valence-electron chi connectivity index (χ2n) is 7.34. The van der Waals surface area contributed by atoms with Crippen LogP contribution in [-0.2, 0) is 19.5 Å². The molecule has 8 heteroatoms. The van der Waals surface area contributed by atoms with Crippen molar-refractivity contribution < 1.29 is 0 Å². The van der Waals surface area contributed by atoms with E-state index in [1.165, 1.54) is 17.4 Å². The molecule has 0 bridgehead atoms. The van der Waals surface area contributed by atoms with E-state index in [1.54, 1.807) is 18.1 Å². The number of hydrogen-bond acceptors (Lipinski definition) is 6. The number of fused-ring (bicyclic) bond motifs is 2. The first-order valence-corrected chi connectivity index (χ1v) is 11.3. The lowest BCUT2D eigenvalue weighted by molar-refractivity contribution is 0.650. The van der Waals surface area contributed by atoms with Crippen molar-refractivity contribution in [2.75, 3.05) is 11.5 Å². The molecular weight excluding hydrogens is 406 g/mol. The van der Waals surface area contributed by atoms with Crippen LogP contribution in [0.5, 0.6) is 0 Å². The molecule has 5 aromatic rings. The molecule has 156 valence electrons. The third-order valence-electron chi connectivity index (χ3n) is 5.29. The largest absolute Gasteiger partial charge is 0.382 e. The molecular formula is C23H23N7S. The minimum Gasteiger partial charge on any atom is -0.382 e. The van der Waals surface area contributed by atoms with Gasteiger partial charge in [-0.25, -0.2) is 19.9 Å². The van der Waals surface area contributed by atoms with Crippen molar-refractivity contribution in [3.8, 4) is 0 Å². The number of para-hydroxylation sites is 2. The fourth-order valence-corrected chi connectivity index (χ4v) is 4.69. The molecule has 31 heavy (non-hydrogen) atoms. The summed E-state index contributed by atoms with van der Waals surface area (Å²) in [5.74, 6) is 1.37. The van der Waals surface area contributed by atoms with E-state index in [0.29, 0.717) is 11.3 Å². The van der Waals surface area contributed by atoms with Crippen LogP contribution in [0.25, 0.3) is 22.2 Å². The lowest BCUT2D eigenvalue weighted by Crippen LogP contribution is -2.04. The van der Waals surface area contributed by atoms with E-state index < -0.39 is 0 Å². The molecule has 2 aromatic carbocycles. The number of imidazole rings is 2. The van der Waals surface area contributed by atoms with Crippen molar-refractivity contribution in [3.63, 3.8) is 0 Å². The van der Waals surface area contributed by atoms with Crippen molar-refractivity contribution >= 4 is 39.8 Å². The second-order valence-corrected chi connectivity index (χ2v) is 8.40. The maximum atomic E-state index is 5.88. The first kappa shape index (κ1) is 19.6. The molecule has 0 aliphatic carbocycles. The maximum absolute atomic E-state index is 5.88. The summed E-state index contributed by atoms with van der Waals surface area (Å²) in [4.78, 5) is 17.6. The zero-order valence-electron chi connectivity index (χ0n) is 17.1. The van der Waals surface area contributed by atoms with Gasteiger partial charge in [-0.3, -0.25) is 0 Å². The van der Waals surface area contributed by atoms with Gasteiger partial charge in [0.05, 0.1) is 17.4 Å². The van der Waals surface area contributed by atoms with Crippen LogP contribution in [0.1, 0.15) is 12.0 Å². The molecule has 0 aliphatic heterocycles. The van der Waals surface area contributed by atoms with E-state index in [9.17, 15) is 0 Å². The molecule has 0 saturated heterocycles. The van der Waals surface area contributed by atoms with Gasteiger partial charge >= 0.3 is 0 Å². The molecule has 0 fully saturated rings. The van der Waals surface area contributed by atoms with Crippen LogP contribution in [0.4, 0.5) is 5.82 Å². The Morgan fingerprint density at radius 2 is 1.74 bits per heavy atom. The number of thioether (sulfide) groups is 1. The quantitative estimate of drug-likeness (QED) is 0.294. The summed E-state index contributed by atoms with van der Waals surface area (Å²) in [6.45, 7) is 1.74. The minimum absolute atomic E-state index is 0.422. The number of hydrogen-bond donors (Lipinski definition) is 1. The highest BCUT2D eigenvalue weighted by atomic mass is 32.2. The number of nitrogen functional groups attached to an aromatic ring is 1. The molecule has 0 unspecified atom stereocenters. The summed E-state index contributed by atoms with van der Waals surface area (Å²) in [6.07, 6.45) is 5.23. The Kier molecular flexibility index (Phi) is 5.54. The summed E-state index contributed by atoms with van der Waals surface area (Å²) < 4.78 is 4.37. The van der Waals surface area contributed by atoms with Gasteiger partial charge in [0.2, 0.25) is 0 Å². The molecule has 3 aromatic heterocycles. The second kappa shape index (κ2) is 8.77. The fraction of sp³-hybridized carbons (Fsp3) is 0.217. The number of nitrogens with two attached hydrogens (primary N) is 1. The van der Waals surface area contributed by atoms with Gasteiger partial charge in [-0.05, 0) is 30.5 Å². The predicted octanol–water partition coefficient (Wildman–Crippen LogP) is 4.18. The zero-order valence-corrected chi connectivity index (χ0v) is 17.9.